The number of rotatable bonds is 6. The molecule has 0 amide bonds. The van der Waals surface area contributed by atoms with Crippen LogP contribution in [0.3, 0.4) is 0 Å². The normalized spacial score (nSPS) is 18.2. The molecule has 0 aliphatic carbocycles. The molecule has 6 nitrogen and oxygen atoms in total. The summed E-state index contributed by atoms with van der Waals surface area (Å²) in [6.45, 7) is 2.91. The van der Waals surface area contributed by atoms with Gasteiger partial charge in [-0.1, -0.05) is 12.1 Å². The largest absolute Gasteiger partial charge is 0.493 e. The van der Waals surface area contributed by atoms with Gasteiger partial charge < -0.3 is 14.8 Å². The molecule has 1 fully saturated rings. The molecule has 1 aromatic carbocycles. The smallest absolute Gasteiger partial charge is 0.165 e. The lowest BCUT2D eigenvalue weighted by Crippen LogP contribution is -2.41. The number of nitrogens with one attached hydrogen (secondary N) is 1. The summed E-state index contributed by atoms with van der Waals surface area (Å²) in [7, 11) is 3.36. The van der Waals surface area contributed by atoms with Gasteiger partial charge in [0.25, 0.3) is 0 Å². The van der Waals surface area contributed by atoms with Gasteiger partial charge >= 0.3 is 0 Å². The number of hydrogen-bond donors (Lipinski definition) is 1. The zero-order chi connectivity index (χ0) is 16.8. The summed E-state index contributed by atoms with van der Waals surface area (Å²) >= 11 is 0. The molecule has 1 N–H and O–H groups in total. The first-order valence-electron chi connectivity index (χ1n) is 8.25. The lowest BCUT2D eigenvalue weighted by molar-refractivity contribution is 0.205. The first-order valence-corrected chi connectivity index (χ1v) is 8.25. The molecule has 24 heavy (non-hydrogen) atoms. The van der Waals surface area contributed by atoms with E-state index >= 15 is 0 Å². The molecule has 1 saturated heterocycles. The van der Waals surface area contributed by atoms with Gasteiger partial charge in [0.2, 0.25) is 0 Å². The van der Waals surface area contributed by atoms with Crippen LogP contribution in [0.25, 0.3) is 0 Å². The Hall–Kier alpha value is -2.34. The van der Waals surface area contributed by atoms with E-state index in [1.165, 1.54) is 0 Å². The van der Waals surface area contributed by atoms with Crippen molar-refractivity contribution in [2.45, 2.75) is 25.4 Å². The van der Waals surface area contributed by atoms with E-state index in [4.69, 9.17) is 9.47 Å². The van der Waals surface area contributed by atoms with Crippen molar-refractivity contribution in [1.29, 1.82) is 0 Å². The molecular weight excluding hydrogens is 304 g/mol. The number of piperidine rings is 1. The maximum Gasteiger partial charge on any atom is 0.165 e. The zero-order valence-corrected chi connectivity index (χ0v) is 14.2. The topological polar surface area (TPSA) is 59.5 Å². The Morgan fingerprint density at radius 1 is 1.25 bits per heavy atom. The van der Waals surface area contributed by atoms with Crippen molar-refractivity contribution < 1.29 is 9.47 Å². The maximum absolute atomic E-state index is 5.55. The number of nitrogens with zero attached hydrogens (tertiary/aromatic N) is 3. The fourth-order valence-electron chi connectivity index (χ4n) is 3.22. The van der Waals surface area contributed by atoms with Crippen molar-refractivity contribution in [1.82, 2.24) is 14.9 Å². The maximum atomic E-state index is 5.55. The highest BCUT2D eigenvalue weighted by molar-refractivity contribution is 5.46. The number of methoxy groups -OCH3 is 2. The molecule has 1 aromatic heterocycles. The Bertz CT molecular complexity index is 651. The minimum Gasteiger partial charge on any atom is -0.493 e. The van der Waals surface area contributed by atoms with Gasteiger partial charge in [0.05, 0.1) is 14.2 Å². The molecule has 1 atom stereocenters. The third-order valence-electron chi connectivity index (χ3n) is 4.32. The highest BCUT2D eigenvalue weighted by Crippen LogP contribution is 2.32. The van der Waals surface area contributed by atoms with Crippen LogP contribution in [-0.4, -0.2) is 48.2 Å². The predicted octanol–water partition coefficient (Wildman–Crippen LogP) is 2.57. The Kier molecular flexibility index (Phi) is 5.48. The highest BCUT2D eigenvalue weighted by Gasteiger charge is 2.21. The molecule has 2 aromatic rings. The number of anilines is 1. The molecule has 6 heteroatoms. The Morgan fingerprint density at radius 3 is 2.92 bits per heavy atom. The SMILES string of the molecule is COc1cccc(CN2CCCC(Nc3ccncn3)C2)c1OC. The van der Waals surface area contributed by atoms with Gasteiger partial charge in [-0.25, -0.2) is 9.97 Å². The second-order valence-electron chi connectivity index (χ2n) is 5.97. The minimum absolute atomic E-state index is 0.394. The molecule has 3 rings (SSSR count). The Morgan fingerprint density at radius 2 is 2.17 bits per heavy atom. The van der Waals surface area contributed by atoms with Crippen molar-refractivity contribution in [3.05, 3.63) is 42.4 Å². The van der Waals surface area contributed by atoms with E-state index in [0.717, 1.165) is 55.4 Å². The van der Waals surface area contributed by atoms with Crippen LogP contribution in [0.2, 0.25) is 0 Å². The van der Waals surface area contributed by atoms with Crippen LogP contribution >= 0.6 is 0 Å². The Labute approximate surface area is 142 Å². The second kappa shape index (κ2) is 7.97. The van der Waals surface area contributed by atoms with Crippen molar-refractivity contribution in [2.24, 2.45) is 0 Å². The second-order valence-corrected chi connectivity index (χ2v) is 5.97. The molecule has 1 aliphatic heterocycles. The summed E-state index contributed by atoms with van der Waals surface area (Å²) in [4.78, 5) is 10.7. The van der Waals surface area contributed by atoms with Gasteiger partial charge in [-0.2, -0.15) is 0 Å². The molecule has 0 bridgehead atoms. The van der Waals surface area contributed by atoms with Crippen molar-refractivity contribution in [2.75, 3.05) is 32.6 Å². The van der Waals surface area contributed by atoms with Crippen LogP contribution in [0, 0.1) is 0 Å². The van der Waals surface area contributed by atoms with Crippen LogP contribution in [0.4, 0.5) is 5.82 Å². The van der Waals surface area contributed by atoms with Gasteiger partial charge in [-0.15, -0.1) is 0 Å². The fourth-order valence-corrected chi connectivity index (χ4v) is 3.22. The summed E-state index contributed by atoms with van der Waals surface area (Å²) in [6, 6.07) is 8.34. The summed E-state index contributed by atoms with van der Waals surface area (Å²) in [5, 5.41) is 3.50. The van der Waals surface area contributed by atoms with E-state index < -0.39 is 0 Å². The standard InChI is InChI=1S/C18H24N4O2/c1-23-16-7-3-5-14(18(16)24-2)11-22-10-4-6-15(12-22)21-17-8-9-19-13-20-17/h3,5,7-9,13,15H,4,6,10-12H2,1-2H3,(H,19,20,21). The summed E-state index contributed by atoms with van der Waals surface area (Å²) < 4.78 is 10.9. The first-order chi connectivity index (χ1) is 11.8. The molecule has 128 valence electrons. The van der Waals surface area contributed by atoms with E-state index in [9.17, 15) is 0 Å². The molecule has 1 aliphatic rings. The van der Waals surface area contributed by atoms with Crippen LogP contribution in [0.5, 0.6) is 11.5 Å². The van der Waals surface area contributed by atoms with E-state index in [1.807, 2.05) is 18.2 Å². The third-order valence-corrected chi connectivity index (χ3v) is 4.32. The van der Waals surface area contributed by atoms with Crippen LogP contribution in [-0.2, 0) is 6.54 Å². The summed E-state index contributed by atoms with van der Waals surface area (Å²) in [5.74, 6) is 2.49. The number of para-hydroxylation sites is 1. The van der Waals surface area contributed by atoms with Gasteiger partial charge in [-0.05, 0) is 31.5 Å². The van der Waals surface area contributed by atoms with E-state index in [2.05, 4.69) is 26.3 Å². The van der Waals surface area contributed by atoms with Gasteiger partial charge in [-0.3, -0.25) is 4.90 Å². The number of aromatic nitrogens is 2. The molecule has 0 saturated carbocycles. The summed E-state index contributed by atoms with van der Waals surface area (Å²) in [6.07, 6.45) is 5.64. The van der Waals surface area contributed by atoms with Crippen LogP contribution in [0.1, 0.15) is 18.4 Å². The van der Waals surface area contributed by atoms with Crippen molar-refractivity contribution in [3.8, 4) is 11.5 Å². The highest BCUT2D eigenvalue weighted by atomic mass is 16.5. The van der Waals surface area contributed by atoms with Crippen molar-refractivity contribution >= 4 is 5.82 Å². The van der Waals surface area contributed by atoms with E-state index in [0.29, 0.717) is 6.04 Å². The van der Waals surface area contributed by atoms with Gasteiger partial charge in [0.15, 0.2) is 11.5 Å². The van der Waals surface area contributed by atoms with Crippen LogP contribution in [0.15, 0.2) is 36.8 Å². The monoisotopic (exact) mass is 328 g/mol. The molecular formula is C18H24N4O2. The molecule has 2 heterocycles. The van der Waals surface area contributed by atoms with Crippen molar-refractivity contribution in [3.63, 3.8) is 0 Å². The van der Waals surface area contributed by atoms with E-state index in [1.54, 1.807) is 26.7 Å². The third kappa shape index (κ3) is 3.94. The van der Waals surface area contributed by atoms with Crippen LogP contribution < -0.4 is 14.8 Å². The van der Waals surface area contributed by atoms with E-state index in [-0.39, 0.29) is 0 Å². The molecule has 0 radical (unpaired) electrons. The average Bonchev–Trinajstić information content (AvgIpc) is 2.62. The number of benzene rings is 1. The number of ether oxygens (including phenoxy) is 2. The lowest BCUT2D eigenvalue weighted by Gasteiger charge is -2.33. The predicted molar refractivity (Wildman–Crippen MR) is 93.5 cm³/mol. The van der Waals surface area contributed by atoms with Gasteiger partial charge in [0.1, 0.15) is 12.1 Å². The summed E-state index contributed by atoms with van der Waals surface area (Å²) in [5.41, 5.74) is 1.15. The first kappa shape index (κ1) is 16.5. The average molecular weight is 328 g/mol. The number of likely N-dealkylation sites (tertiary alicyclic amines) is 1. The zero-order valence-electron chi connectivity index (χ0n) is 14.2. The quantitative estimate of drug-likeness (QED) is 0.879. The number of hydrogen-bond acceptors (Lipinski definition) is 6. The van der Waals surface area contributed by atoms with Gasteiger partial charge in [0, 0.05) is 30.9 Å². The minimum atomic E-state index is 0.394. The molecule has 0 spiro atoms. The molecule has 1 unspecified atom stereocenters. The fraction of sp³-hybridized carbons (Fsp3) is 0.444. The Balaban J connectivity index is 1.65. The lowest BCUT2D eigenvalue weighted by atomic mass is 10.0.